The van der Waals surface area contributed by atoms with Crippen molar-refractivity contribution in [3.63, 3.8) is 0 Å². The summed E-state index contributed by atoms with van der Waals surface area (Å²) < 4.78 is 0. The number of piperazine rings is 1. The van der Waals surface area contributed by atoms with Crippen LogP contribution < -0.4 is 5.32 Å². The number of nitrogens with zero attached hydrogens (tertiary/aromatic N) is 2. The predicted octanol–water partition coefficient (Wildman–Crippen LogP) is 1.69. The molecule has 16 heavy (non-hydrogen) atoms. The SMILES string of the molecule is C[C@@H]1CNC[C@H](C)N1Cc1ccccn1.Cl. The third-order valence-electron chi connectivity index (χ3n) is 3.08. The molecule has 2 heterocycles. The molecule has 2 rings (SSSR count). The molecular weight excluding hydrogens is 222 g/mol. The third kappa shape index (κ3) is 3.17. The Balaban J connectivity index is 0.00000128. The van der Waals surface area contributed by atoms with Gasteiger partial charge in [0.1, 0.15) is 0 Å². The number of hydrogen-bond acceptors (Lipinski definition) is 3. The van der Waals surface area contributed by atoms with E-state index in [4.69, 9.17) is 0 Å². The van der Waals surface area contributed by atoms with Crippen molar-refractivity contribution >= 4 is 12.4 Å². The Morgan fingerprint density at radius 2 is 2.00 bits per heavy atom. The first-order valence-electron chi connectivity index (χ1n) is 5.63. The van der Waals surface area contributed by atoms with Crippen molar-refractivity contribution in [2.75, 3.05) is 13.1 Å². The smallest absolute Gasteiger partial charge is 0.0544 e. The van der Waals surface area contributed by atoms with Gasteiger partial charge in [-0.25, -0.2) is 0 Å². The van der Waals surface area contributed by atoms with Crippen molar-refractivity contribution in [1.82, 2.24) is 15.2 Å². The van der Waals surface area contributed by atoms with E-state index in [-0.39, 0.29) is 12.4 Å². The Morgan fingerprint density at radius 1 is 1.31 bits per heavy atom. The molecule has 1 fully saturated rings. The zero-order valence-electron chi connectivity index (χ0n) is 9.89. The Morgan fingerprint density at radius 3 is 2.56 bits per heavy atom. The molecule has 0 unspecified atom stereocenters. The topological polar surface area (TPSA) is 28.2 Å². The van der Waals surface area contributed by atoms with Gasteiger partial charge in [-0.05, 0) is 26.0 Å². The van der Waals surface area contributed by atoms with Gasteiger partial charge in [-0.15, -0.1) is 12.4 Å². The molecule has 0 aromatic carbocycles. The van der Waals surface area contributed by atoms with Gasteiger partial charge in [0.2, 0.25) is 0 Å². The summed E-state index contributed by atoms with van der Waals surface area (Å²) in [5.41, 5.74) is 1.16. The summed E-state index contributed by atoms with van der Waals surface area (Å²) in [5.74, 6) is 0. The van der Waals surface area contributed by atoms with E-state index in [0.29, 0.717) is 12.1 Å². The highest BCUT2D eigenvalue weighted by Gasteiger charge is 2.24. The number of halogens is 1. The molecule has 1 aromatic rings. The van der Waals surface area contributed by atoms with E-state index < -0.39 is 0 Å². The fraction of sp³-hybridized carbons (Fsp3) is 0.583. The summed E-state index contributed by atoms with van der Waals surface area (Å²) >= 11 is 0. The quantitative estimate of drug-likeness (QED) is 0.854. The second-order valence-electron chi connectivity index (χ2n) is 4.35. The van der Waals surface area contributed by atoms with E-state index in [2.05, 4.69) is 41.2 Å². The predicted molar refractivity (Wildman–Crippen MR) is 68.8 cm³/mol. The molecule has 0 spiro atoms. The van der Waals surface area contributed by atoms with E-state index in [0.717, 1.165) is 25.3 Å². The molecular formula is C12H20ClN3. The van der Waals surface area contributed by atoms with Crippen LogP contribution in [0.2, 0.25) is 0 Å². The fourth-order valence-electron chi connectivity index (χ4n) is 2.16. The van der Waals surface area contributed by atoms with Gasteiger partial charge in [-0.2, -0.15) is 0 Å². The summed E-state index contributed by atoms with van der Waals surface area (Å²) in [4.78, 5) is 6.89. The largest absolute Gasteiger partial charge is 0.314 e. The minimum Gasteiger partial charge on any atom is -0.314 e. The number of aromatic nitrogens is 1. The minimum atomic E-state index is 0. The minimum absolute atomic E-state index is 0. The van der Waals surface area contributed by atoms with E-state index in [1.807, 2.05) is 12.3 Å². The van der Waals surface area contributed by atoms with Crippen LogP contribution in [0.3, 0.4) is 0 Å². The maximum atomic E-state index is 4.38. The lowest BCUT2D eigenvalue weighted by Gasteiger charge is -2.39. The summed E-state index contributed by atoms with van der Waals surface area (Å²) in [5, 5.41) is 3.44. The second kappa shape index (κ2) is 6.18. The van der Waals surface area contributed by atoms with Crippen molar-refractivity contribution < 1.29 is 0 Å². The molecule has 1 saturated heterocycles. The molecule has 0 saturated carbocycles. The van der Waals surface area contributed by atoms with Gasteiger partial charge in [0.15, 0.2) is 0 Å². The van der Waals surface area contributed by atoms with Gasteiger partial charge in [0.25, 0.3) is 0 Å². The van der Waals surface area contributed by atoms with Crippen LogP contribution in [-0.2, 0) is 6.54 Å². The Kier molecular flexibility index (Phi) is 5.19. The van der Waals surface area contributed by atoms with Gasteiger partial charge in [0.05, 0.1) is 5.69 Å². The van der Waals surface area contributed by atoms with Crippen LogP contribution in [0.1, 0.15) is 19.5 Å². The molecule has 4 heteroatoms. The lowest BCUT2D eigenvalue weighted by atomic mass is 10.1. The van der Waals surface area contributed by atoms with Crippen molar-refractivity contribution in [2.45, 2.75) is 32.5 Å². The summed E-state index contributed by atoms with van der Waals surface area (Å²) in [6.45, 7) is 7.66. The maximum Gasteiger partial charge on any atom is 0.0544 e. The van der Waals surface area contributed by atoms with Crippen molar-refractivity contribution in [2.24, 2.45) is 0 Å². The molecule has 0 amide bonds. The average Bonchev–Trinajstić information content (AvgIpc) is 2.25. The fourth-order valence-corrected chi connectivity index (χ4v) is 2.16. The molecule has 1 aromatic heterocycles. The van der Waals surface area contributed by atoms with Crippen molar-refractivity contribution in [3.05, 3.63) is 30.1 Å². The summed E-state index contributed by atoms with van der Waals surface area (Å²) in [6.07, 6.45) is 1.87. The number of rotatable bonds is 2. The van der Waals surface area contributed by atoms with Crippen LogP contribution in [0.4, 0.5) is 0 Å². The first-order chi connectivity index (χ1) is 7.27. The van der Waals surface area contributed by atoms with E-state index in [1.54, 1.807) is 0 Å². The van der Waals surface area contributed by atoms with Gasteiger partial charge in [0, 0.05) is 37.9 Å². The van der Waals surface area contributed by atoms with Crippen LogP contribution in [0.15, 0.2) is 24.4 Å². The lowest BCUT2D eigenvalue weighted by molar-refractivity contribution is 0.107. The van der Waals surface area contributed by atoms with E-state index in [1.165, 1.54) is 0 Å². The van der Waals surface area contributed by atoms with Gasteiger partial charge in [-0.1, -0.05) is 6.07 Å². The van der Waals surface area contributed by atoms with Crippen LogP contribution in [-0.4, -0.2) is 35.1 Å². The Hall–Kier alpha value is -0.640. The zero-order chi connectivity index (χ0) is 10.7. The highest BCUT2D eigenvalue weighted by Crippen LogP contribution is 2.13. The Labute approximate surface area is 104 Å². The van der Waals surface area contributed by atoms with Gasteiger partial charge < -0.3 is 5.32 Å². The molecule has 2 atom stereocenters. The summed E-state index contributed by atoms with van der Waals surface area (Å²) in [6, 6.07) is 7.31. The van der Waals surface area contributed by atoms with Gasteiger partial charge >= 0.3 is 0 Å². The lowest BCUT2D eigenvalue weighted by Crippen LogP contribution is -2.54. The molecule has 1 aliphatic rings. The van der Waals surface area contributed by atoms with Crippen LogP contribution in [0.25, 0.3) is 0 Å². The first-order valence-corrected chi connectivity index (χ1v) is 5.63. The zero-order valence-corrected chi connectivity index (χ0v) is 10.7. The van der Waals surface area contributed by atoms with Crippen LogP contribution >= 0.6 is 12.4 Å². The van der Waals surface area contributed by atoms with E-state index in [9.17, 15) is 0 Å². The number of hydrogen-bond donors (Lipinski definition) is 1. The Bertz CT molecular complexity index is 294. The highest BCUT2D eigenvalue weighted by atomic mass is 35.5. The number of pyridine rings is 1. The molecule has 90 valence electrons. The molecule has 0 radical (unpaired) electrons. The number of nitrogens with one attached hydrogen (secondary N) is 1. The van der Waals surface area contributed by atoms with E-state index >= 15 is 0 Å². The standard InChI is InChI=1S/C12H19N3.ClH/c1-10-7-13-8-11(2)15(10)9-12-5-3-4-6-14-12;/h3-6,10-11,13H,7-9H2,1-2H3;1H/t10-,11+;. The maximum absolute atomic E-state index is 4.38. The molecule has 1 N–H and O–H groups in total. The normalized spacial score (nSPS) is 26.1. The van der Waals surface area contributed by atoms with Crippen LogP contribution in [0.5, 0.6) is 0 Å². The van der Waals surface area contributed by atoms with Crippen molar-refractivity contribution in [3.8, 4) is 0 Å². The average molecular weight is 242 g/mol. The van der Waals surface area contributed by atoms with Crippen LogP contribution in [0, 0.1) is 0 Å². The second-order valence-corrected chi connectivity index (χ2v) is 4.35. The van der Waals surface area contributed by atoms with Gasteiger partial charge in [-0.3, -0.25) is 9.88 Å². The summed E-state index contributed by atoms with van der Waals surface area (Å²) in [7, 11) is 0. The molecule has 0 bridgehead atoms. The molecule has 3 nitrogen and oxygen atoms in total. The highest BCUT2D eigenvalue weighted by molar-refractivity contribution is 5.85. The molecule has 1 aliphatic heterocycles. The third-order valence-corrected chi connectivity index (χ3v) is 3.08. The monoisotopic (exact) mass is 241 g/mol. The van der Waals surface area contributed by atoms with Crippen molar-refractivity contribution in [1.29, 1.82) is 0 Å². The first kappa shape index (κ1) is 13.4. The molecule has 0 aliphatic carbocycles.